The largest absolute Gasteiger partial charge is 0.506 e. The van der Waals surface area contributed by atoms with Gasteiger partial charge in [-0.1, -0.05) is 19.9 Å². The van der Waals surface area contributed by atoms with Crippen molar-refractivity contribution in [3.8, 4) is 5.75 Å². The molecule has 2 rings (SSSR count). The van der Waals surface area contributed by atoms with Gasteiger partial charge in [0, 0.05) is 5.41 Å². The fraction of sp³-hybridized carbons (Fsp3) is 0.562. The molecule has 4 nitrogen and oxygen atoms in total. The number of rotatable bonds is 3. The smallest absolute Gasteiger partial charge is 0.230 e. The van der Waals surface area contributed by atoms with Crippen LogP contribution in [-0.4, -0.2) is 24.1 Å². The number of piperidine rings is 1. The van der Waals surface area contributed by atoms with Crippen molar-refractivity contribution in [1.82, 2.24) is 5.32 Å². The van der Waals surface area contributed by atoms with Crippen LogP contribution < -0.4 is 10.6 Å². The standard InChI is InChI=1S/C16H24N2O2/c1-11-6-7-14(19)13(9-11)18-15(20)16(2,3)12-5-4-8-17-10-12/h6-7,9,12,17,19H,4-5,8,10H2,1-3H3,(H,18,20). The van der Waals surface area contributed by atoms with Crippen molar-refractivity contribution in [2.45, 2.75) is 33.6 Å². The summed E-state index contributed by atoms with van der Waals surface area (Å²) >= 11 is 0. The number of hydrogen-bond donors (Lipinski definition) is 3. The number of aromatic hydroxyl groups is 1. The van der Waals surface area contributed by atoms with Gasteiger partial charge in [-0.2, -0.15) is 0 Å². The molecule has 1 saturated heterocycles. The second kappa shape index (κ2) is 5.83. The van der Waals surface area contributed by atoms with Gasteiger partial charge in [0.25, 0.3) is 0 Å². The number of phenols is 1. The zero-order chi connectivity index (χ0) is 14.8. The Balaban J connectivity index is 2.11. The number of anilines is 1. The molecule has 0 bridgehead atoms. The first-order valence-electron chi connectivity index (χ1n) is 7.23. The summed E-state index contributed by atoms with van der Waals surface area (Å²) in [5, 5.41) is 16.1. The maximum absolute atomic E-state index is 12.5. The van der Waals surface area contributed by atoms with E-state index in [1.54, 1.807) is 12.1 Å². The van der Waals surface area contributed by atoms with Crippen LogP contribution in [0.4, 0.5) is 5.69 Å². The molecular weight excluding hydrogens is 252 g/mol. The molecule has 0 aromatic heterocycles. The van der Waals surface area contributed by atoms with Gasteiger partial charge in [0.05, 0.1) is 5.69 Å². The summed E-state index contributed by atoms with van der Waals surface area (Å²) in [4.78, 5) is 12.5. The molecule has 1 aliphatic heterocycles. The molecule has 1 amide bonds. The van der Waals surface area contributed by atoms with Crippen LogP contribution in [0.25, 0.3) is 0 Å². The van der Waals surface area contributed by atoms with Crippen molar-refractivity contribution in [1.29, 1.82) is 0 Å². The Morgan fingerprint density at radius 2 is 2.20 bits per heavy atom. The highest BCUT2D eigenvalue weighted by Crippen LogP contribution is 2.34. The third kappa shape index (κ3) is 3.12. The van der Waals surface area contributed by atoms with E-state index in [4.69, 9.17) is 0 Å². The van der Waals surface area contributed by atoms with Crippen LogP contribution in [0.3, 0.4) is 0 Å². The van der Waals surface area contributed by atoms with Gasteiger partial charge in [-0.3, -0.25) is 4.79 Å². The van der Waals surface area contributed by atoms with E-state index < -0.39 is 5.41 Å². The molecule has 0 saturated carbocycles. The number of hydrogen-bond acceptors (Lipinski definition) is 3. The number of amides is 1. The summed E-state index contributed by atoms with van der Waals surface area (Å²) in [6, 6.07) is 5.23. The van der Waals surface area contributed by atoms with E-state index in [1.165, 1.54) is 0 Å². The summed E-state index contributed by atoms with van der Waals surface area (Å²) in [5.74, 6) is 0.400. The minimum Gasteiger partial charge on any atom is -0.506 e. The van der Waals surface area contributed by atoms with Crippen LogP contribution in [0.2, 0.25) is 0 Å². The normalized spacial score (nSPS) is 19.6. The summed E-state index contributed by atoms with van der Waals surface area (Å²) < 4.78 is 0. The molecule has 0 aliphatic carbocycles. The lowest BCUT2D eigenvalue weighted by Gasteiger charge is -2.36. The fourth-order valence-corrected chi connectivity index (χ4v) is 2.69. The lowest BCUT2D eigenvalue weighted by atomic mass is 9.74. The summed E-state index contributed by atoms with van der Waals surface area (Å²) in [6.45, 7) is 7.80. The van der Waals surface area contributed by atoms with Crippen LogP contribution >= 0.6 is 0 Å². The Labute approximate surface area is 120 Å². The first-order chi connectivity index (χ1) is 9.41. The van der Waals surface area contributed by atoms with Crippen LogP contribution in [-0.2, 0) is 4.79 Å². The van der Waals surface area contributed by atoms with Crippen LogP contribution in [0.1, 0.15) is 32.3 Å². The van der Waals surface area contributed by atoms with Gasteiger partial charge in [-0.15, -0.1) is 0 Å². The second-order valence-corrected chi connectivity index (χ2v) is 6.24. The maximum Gasteiger partial charge on any atom is 0.230 e. The van der Waals surface area contributed by atoms with Gasteiger partial charge < -0.3 is 15.7 Å². The number of aryl methyl sites for hydroxylation is 1. The van der Waals surface area contributed by atoms with Gasteiger partial charge in [0.1, 0.15) is 5.75 Å². The molecule has 4 heteroatoms. The van der Waals surface area contributed by atoms with Crippen molar-refractivity contribution in [3.63, 3.8) is 0 Å². The SMILES string of the molecule is Cc1ccc(O)c(NC(=O)C(C)(C)C2CCCNC2)c1. The van der Waals surface area contributed by atoms with E-state index in [2.05, 4.69) is 10.6 Å². The molecule has 3 N–H and O–H groups in total. The molecular formula is C16H24N2O2. The molecule has 1 aliphatic rings. The zero-order valence-corrected chi connectivity index (χ0v) is 12.5. The molecule has 1 aromatic carbocycles. The van der Waals surface area contributed by atoms with Gasteiger partial charge in [0.2, 0.25) is 5.91 Å². The first kappa shape index (κ1) is 14.9. The summed E-state index contributed by atoms with van der Waals surface area (Å²) in [7, 11) is 0. The zero-order valence-electron chi connectivity index (χ0n) is 12.5. The lowest BCUT2D eigenvalue weighted by Crippen LogP contribution is -2.44. The third-order valence-electron chi connectivity index (χ3n) is 4.30. The molecule has 1 fully saturated rings. The predicted molar refractivity (Wildman–Crippen MR) is 80.8 cm³/mol. The van der Waals surface area contributed by atoms with E-state index in [0.29, 0.717) is 11.6 Å². The Kier molecular flexibility index (Phi) is 4.33. The highest BCUT2D eigenvalue weighted by Gasteiger charge is 2.37. The number of carbonyl (C=O) groups is 1. The second-order valence-electron chi connectivity index (χ2n) is 6.24. The van der Waals surface area contributed by atoms with E-state index in [9.17, 15) is 9.90 Å². The molecule has 1 aromatic rings. The molecule has 1 unspecified atom stereocenters. The van der Waals surface area contributed by atoms with E-state index in [-0.39, 0.29) is 11.7 Å². The Bertz CT molecular complexity index is 491. The highest BCUT2D eigenvalue weighted by molar-refractivity contribution is 5.96. The number of nitrogens with one attached hydrogen (secondary N) is 2. The van der Waals surface area contributed by atoms with Gasteiger partial charge in [0.15, 0.2) is 0 Å². The van der Waals surface area contributed by atoms with E-state index in [0.717, 1.165) is 31.5 Å². The topological polar surface area (TPSA) is 61.4 Å². The Morgan fingerprint density at radius 3 is 2.85 bits per heavy atom. The minimum absolute atomic E-state index is 0.0351. The molecule has 0 radical (unpaired) electrons. The quantitative estimate of drug-likeness (QED) is 0.744. The van der Waals surface area contributed by atoms with Crippen LogP contribution in [0.15, 0.2) is 18.2 Å². The van der Waals surface area contributed by atoms with Gasteiger partial charge >= 0.3 is 0 Å². The van der Waals surface area contributed by atoms with E-state index in [1.807, 2.05) is 26.8 Å². The van der Waals surface area contributed by atoms with Gasteiger partial charge in [-0.05, 0) is 56.5 Å². The van der Waals surface area contributed by atoms with Crippen molar-refractivity contribution in [2.75, 3.05) is 18.4 Å². The molecule has 1 heterocycles. The molecule has 20 heavy (non-hydrogen) atoms. The third-order valence-corrected chi connectivity index (χ3v) is 4.30. The van der Waals surface area contributed by atoms with Crippen molar-refractivity contribution < 1.29 is 9.90 Å². The average Bonchev–Trinajstić information content (AvgIpc) is 2.43. The average molecular weight is 276 g/mol. The van der Waals surface area contributed by atoms with Gasteiger partial charge in [-0.25, -0.2) is 0 Å². The number of benzene rings is 1. The molecule has 0 spiro atoms. The predicted octanol–water partition coefficient (Wildman–Crippen LogP) is 2.66. The Morgan fingerprint density at radius 1 is 1.45 bits per heavy atom. The van der Waals surface area contributed by atoms with Crippen molar-refractivity contribution in [3.05, 3.63) is 23.8 Å². The number of carbonyl (C=O) groups excluding carboxylic acids is 1. The Hall–Kier alpha value is -1.55. The summed E-state index contributed by atoms with van der Waals surface area (Å²) in [5.41, 5.74) is 1.05. The highest BCUT2D eigenvalue weighted by atomic mass is 16.3. The minimum atomic E-state index is -0.455. The fourth-order valence-electron chi connectivity index (χ4n) is 2.69. The monoisotopic (exact) mass is 276 g/mol. The van der Waals surface area contributed by atoms with E-state index >= 15 is 0 Å². The first-order valence-corrected chi connectivity index (χ1v) is 7.23. The van der Waals surface area contributed by atoms with Crippen LogP contribution in [0, 0.1) is 18.3 Å². The number of phenolic OH excluding ortho intramolecular Hbond substituents is 1. The maximum atomic E-state index is 12.5. The molecule has 1 atom stereocenters. The van der Waals surface area contributed by atoms with Crippen LogP contribution in [0.5, 0.6) is 5.75 Å². The van der Waals surface area contributed by atoms with Crippen molar-refractivity contribution in [2.24, 2.45) is 11.3 Å². The van der Waals surface area contributed by atoms with Crippen molar-refractivity contribution >= 4 is 11.6 Å². The lowest BCUT2D eigenvalue weighted by molar-refractivity contribution is -0.127. The summed E-state index contributed by atoms with van der Waals surface area (Å²) in [6.07, 6.45) is 2.17. The molecule has 110 valence electrons.